The SMILES string of the molecule is CC(C)(C(=O)N1CC[C@@H](N)C1)c1ccccc1.Cl. The molecular weight excluding hydrogens is 248 g/mol. The van der Waals surface area contributed by atoms with Crippen LogP contribution in [0.5, 0.6) is 0 Å². The highest BCUT2D eigenvalue weighted by molar-refractivity contribution is 5.87. The Morgan fingerprint density at radius 2 is 1.94 bits per heavy atom. The fraction of sp³-hybridized carbons (Fsp3) is 0.500. The van der Waals surface area contributed by atoms with E-state index >= 15 is 0 Å². The minimum atomic E-state index is -0.467. The second-order valence-corrected chi connectivity index (χ2v) is 5.29. The van der Waals surface area contributed by atoms with Crippen molar-refractivity contribution in [1.29, 1.82) is 0 Å². The van der Waals surface area contributed by atoms with Crippen molar-refractivity contribution in [2.24, 2.45) is 5.73 Å². The van der Waals surface area contributed by atoms with Crippen LogP contribution in [0.2, 0.25) is 0 Å². The highest BCUT2D eigenvalue weighted by Gasteiger charge is 2.36. The van der Waals surface area contributed by atoms with E-state index in [-0.39, 0.29) is 24.4 Å². The summed E-state index contributed by atoms with van der Waals surface area (Å²) in [5.41, 5.74) is 6.44. The lowest BCUT2D eigenvalue weighted by molar-refractivity contribution is -0.135. The summed E-state index contributed by atoms with van der Waals surface area (Å²) in [6.07, 6.45) is 0.913. The van der Waals surface area contributed by atoms with Gasteiger partial charge < -0.3 is 10.6 Å². The molecule has 0 aliphatic carbocycles. The molecule has 1 aliphatic rings. The first-order valence-corrected chi connectivity index (χ1v) is 6.12. The normalized spacial score (nSPS) is 19.5. The van der Waals surface area contributed by atoms with Gasteiger partial charge in [-0.15, -0.1) is 12.4 Å². The smallest absolute Gasteiger partial charge is 0.232 e. The minimum absolute atomic E-state index is 0. The topological polar surface area (TPSA) is 46.3 Å². The van der Waals surface area contributed by atoms with Crippen molar-refractivity contribution in [2.75, 3.05) is 13.1 Å². The van der Waals surface area contributed by atoms with Crippen LogP contribution in [-0.2, 0) is 10.2 Å². The van der Waals surface area contributed by atoms with E-state index < -0.39 is 5.41 Å². The monoisotopic (exact) mass is 268 g/mol. The average Bonchev–Trinajstić information content (AvgIpc) is 2.76. The molecule has 4 heteroatoms. The lowest BCUT2D eigenvalue weighted by Gasteiger charge is -2.29. The minimum Gasteiger partial charge on any atom is -0.340 e. The number of hydrogen-bond donors (Lipinski definition) is 1. The summed E-state index contributed by atoms with van der Waals surface area (Å²) < 4.78 is 0. The maximum atomic E-state index is 12.5. The first-order valence-electron chi connectivity index (χ1n) is 6.12. The maximum Gasteiger partial charge on any atom is 0.232 e. The molecule has 1 saturated heterocycles. The largest absolute Gasteiger partial charge is 0.340 e. The van der Waals surface area contributed by atoms with Crippen molar-refractivity contribution in [3.05, 3.63) is 35.9 Å². The van der Waals surface area contributed by atoms with Gasteiger partial charge in [-0.05, 0) is 25.8 Å². The molecule has 1 fully saturated rings. The van der Waals surface area contributed by atoms with Gasteiger partial charge in [0, 0.05) is 19.1 Å². The number of benzene rings is 1. The standard InChI is InChI=1S/C14H20N2O.ClH/c1-14(2,11-6-4-3-5-7-11)13(17)16-9-8-12(15)10-16;/h3-7,12H,8-10,15H2,1-2H3;1H/t12-;/m1./s1. The van der Waals surface area contributed by atoms with Crippen LogP contribution in [0.3, 0.4) is 0 Å². The van der Waals surface area contributed by atoms with Gasteiger partial charge >= 0.3 is 0 Å². The van der Waals surface area contributed by atoms with E-state index in [1.54, 1.807) is 0 Å². The molecule has 18 heavy (non-hydrogen) atoms. The Morgan fingerprint density at radius 3 is 2.44 bits per heavy atom. The van der Waals surface area contributed by atoms with Crippen LogP contribution in [0.15, 0.2) is 30.3 Å². The van der Waals surface area contributed by atoms with Crippen molar-refractivity contribution in [2.45, 2.75) is 31.7 Å². The summed E-state index contributed by atoms with van der Waals surface area (Å²) in [6, 6.07) is 10.1. The molecule has 0 aromatic heterocycles. The highest BCUT2D eigenvalue weighted by atomic mass is 35.5. The van der Waals surface area contributed by atoms with Gasteiger partial charge in [0.1, 0.15) is 0 Å². The zero-order valence-corrected chi connectivity index (χ0v) is 11.7. The summed E-state index contributed by atoms with van der Waals surface area (Å²) in [7, 11) is 0. The number of halogens is 1. The summed E-state index contributed by atoms with van der Waals surface area (Å²) in [5.74, 6) is 0.177. The molecule has 0 bridgehead atoms. The van der Waals surface area contributed by atoms with Gasteiger partial charge in [0.15, 0.2) is 0 Å². The summed E-state index contributed by atoms with van der Waals surface area (Å²) in [5, 5.41) is 0. The van der Waals surface area contributed by atoms with Crippen LogP contribution in [0.25, 0.3) is 0 Å². The van der Waals surface area contributed by atoms with Crippen LogP contribution < -0.4 is 5.73 Å². The third-order valence-corrected chi connectivity index (χ3v) is 3.54. The molecule has 1 aromatic rings. The number of hydrogen-bond acceptors (Lipinski definition) is 2. The molecule has 3 nitrogen and oxygen atoms in total. The van der Waals surface area contributed by atoms with Crippen LogP contribution >= 0.6 is 12.4 Å². The maximum absolute atomic E-state index is 12.5. The summed E-state index contributed by atoms with van der Waals surface area (Å²) in [6.45, 7) is 5.44. The first-order chi connectivity index (χ1) is 8.01. The van der Waals surface area contributed by atoms with Crippen LogP contribution in [0, 0.1) is 0 Å². The van der Waals surface area contributed by atoms with Crippen LogP contribution in [0.4, 0.5) is 0 Å². The van der Waals surface area contributed by atoms with Crippen molar-refractivity contribution < 1.29 is 4.79 Å². The van der Waals surface area contributed by atoms with E-state index in [4.69, 9.17) is 5.73 Å². The molecule has 0 radical (unpaired) electrons. The van der Waals surface area contributed by atoms with Crippen molar-refractivity contribution >= 4 is 18.3 Å². The summed E-state index contributed by atoms with van der Waals surface area (Å²) >= 11 is 0. The van der Waals surface area contributed by atoms with Gasteiger partial charge in [0.2, 0.25) is 5.91 Å². The van der Waals surface area contributed by atoms with E-state index in [0.29, 0.717) is 6.54 Å². The first kappa shape index (κ1) is 15.0. The third-order valence-electron chi connectivity index (χ3n) is 3.54. The number of nitrogens with two attached hydrogens (primary N) is 1. The second-order valence-electron chi connectivity index (χ2n) is 5.29. The van der Waals surface area contributed by atoms with Crippen molar-refractivity contribution in [3.63, 3.8) is 0 Å². The quantitative estimate of drug-likeness (QED) is 0.891. The van der Waals surface area contributed by atoms with Gasteiger partial charge in [-0.25, -0.2) is 0 Å². The molecule has 100 valence electrons. The number of carbonyl (C=O) groups excluding carboxylic acids is 1. The molecule has 0 spiro atoms. The Bertz CT molecular complexity index is 406. The Labute approximate surface area is 115 Å². The van der Waals surface area contributed by atoms with Gasteiger partial charge in [-0.3, -0.25) is 4.79 Å². The lowest BCUT2D eigenvalue weighted by atomic mass is 9.83. The molecule has 1 atom stereocenters. The Balaban J connectivity index is 0.00000162. The molecule has 2 N–H and O–H groups in total. The Morgan fingerprint density at radius 1 is 1.33 bits per heavy atom. The Hall–Kier alpha value is -1.06. The zero-order valence-electron chi connectivity index (χ0n) is 10.9. The zero-order chi connectivity index (χ0) is 12.5. The highest BCUT2D eigenvalue weighted by Crippen LogP contribution is 2.27. The number of nitrogens with zero attached hydrogens (tertiary/aromatic N) is 1. The van der Waals surface area contributed by atoms with Crippen LogP contribution in [0.1, 0.15) is 25.8 Å². The van der Waals surface area contributed by atoms with E-state index in [2.05, 4.69) is 0 Å². The summed E-state index contributed by atoms with van der Waals surface area (Å²) in [4.78, 5) is 14.4. The van der Waals surface area contributed by atoms with Gasteiger partial charge in [-0.2, -0.15) is 0 Å². The molecule has 1 aliphatic heterocycles. The van der Waals surface area contributed by atoms with Gasteiger partial charge in [0.25, 0.3) is 0 Å². The molecule has 1 amide bonds. The van der Waals surface area contributed by atoms with E-state index in [1.165, 1.54) is 0 Å². The number of amides is 1. The molecule has 2 rings (SSSR count). The predicted octanol–water partition coefficient (Wildman–Crippen LogP) is 1.95. The lowest BCUT2D eigenvalue weighted by Crippen LogP contribution is -2.43. The number of carbonyl (C=O) groups is 1. The molecule has 1 aromatic carbocycles. The van der Waals surface area contributed by atoms with Gasteiger partial charge in [-0.1, -0.05) is 30.3 Å². The second kappa shape index (κ2) is 5.72. The van der Waals surface area contributed by atoms with Crippen molar-refractivity contribution in [3.8, 4) is 0 Å². The molecule has 0 unspecified atom stereocenters. The Kier molecular flexibility index (Phi) is 4.77. The van der Waals surface area contributed by atoms with Crippen molar-refractivity contribution in [1.82, 2.24) is 4.90 Å². The number of likely N-dealkylation sites (tertiary alicyclic amines) is 1. The molecule has 0 saturated carbocycles. The predicted molar refractivity (Wildman–Crippen MR) is 75.9 cm³/mol. The van der Waals surface area contributed by atoms with E-state index in [0.717, 1.165) is 18.5 Å². The fourth-order valence-corrected chi connectivity index (χ4v) is 2.35. The third kappa shape index (κ3) is 2.85. The van der Waals surface area contributed by atoms with E-state index in [1.807, 2.05) is 49.1 Å². The fourth-order valence-electron chi connectivity index (χ4n) is 2.35. The number of rotatable bonds is 2. The molecular formula is C14H21ClN2O. The molecule has 1 heterocycles. The van der Waals surface area contributed by atoms with Gasteiger partial charge in [0.05, 0.1) is 5.41 Å². The van der Waals surface area contributed by atoms with E-state index in [9.17, 15) is 4.79 Å². The van der Waals surface area contributed by atoms with Crippen LogP contribution in [-0.4, -0.2) is 29.9 Å². The average molecular weight is 269 g/mol.